The predicted molar refractivity (Wildman–Crippen MR) is 63.4 cm³/mol. The molecule has 0 aromatic carbocycles. The van der Waals surface area contributed by atoms with E-state index in [-0.39, 0.29) is 6.10 Å². The third kappa shape index (κ3) is 4.48. The van der Waals surface area contributed by atoms with Gasteiger partial charge in [-0.25, -0.2) is 9.97 Å². The minimum absolute atomic E-state index is 0.197. The van der Waals surface area contributed by atoms with Crippen molar-refractivity contribution in [2.45, 2.75) is 25.0 Å². The van der Waals surface area contributed by atoms with Crippen LogP contribution in [0.3, 0.4) is 0 Å². The molecule has 0 aliphatic rings. The maximum absolute atomic E-state index is 5.41. The molecule has 5 heteroatoms. The van der Waals surface area contributed by atoms with Crippen molar-refractivity contribution in [3.63, 3.8) is 0 Å². The Morgan fingerprint density at radius 3 is 3.00 bits per heavy atom. The Bertz CT molecular complexity index is 296. The standard InChI is InChI=1S/C10H17N3OS/c1-4-14-8(2)6-11-9-5-10(15-3)13-7-12-9/h5,7-8H,4,6H2,1-3H3,(H,11,12,13). The molecule has 1 aromatic heterocycles. The van der Waals surface area contributed by atoms with Gasteiger partial charge in [0.15, 0.2) is 0 Å². The molecule has 0 amide bonds. The summed E-state index contributed by atoms with van der Waals surface area (Å²) in [6.45, 7) is 5.53. The van der Waals surface area contributed by atoms with Crippen LogP contribution in [0.15, 0.2) is 17.4 Å². The lowest BCUT2D eigenvalue weighted by Crippen LogP contribution is -2.20. The summed E-state index contributed by atoms with van der Waals surface area (Å²) in [5.74, 6) is 0.848. The van der Waals surface area contributed by atoms with E-state index >= 15 is 0 Å². The fourth-order valence-electron chi connectivity index (χ4n) is 1.14. The lowest BCUT2D eigenvalue weighted by atomic mass is 10.4. The van der Waals surface area contributed by atoms with Crippen molar-refractivity contribution < 1.29 is 4.74 Å². The van der Waals surface area contributed by atoms with Crippen LogP contribution in [-0.2, 0) is 4.74 Å². The Morgan fingerprint density at radius 2 is 2.33 bits per heavy atom. The highest BCUT2D eigenvalue weighted by Crippen LogP contribution is 2.13. The van der Waals surface area contributed by atoms with Gasteiger partial charge in [-0.2, -0.15) is 0 Å². The van der Waals surface area contributed by atoms with E-state index in [1.54, 1.807) is 18.1 Å². The fourth-order valence-corrected chi connectivity index (χ4v) is 1.52. The molecule has 4 nitrogen and oxygen atoms in total. The number of nitrogens with one attached hydrogen (secondary N) is 1. The summed E-state index contributed by atoms with van der Waals surface area (Å²) >= 11 is 1.61. The SMILES string of the molecule is CCOC(C)CNc1cc(SC)ncn1. The number of rotatable bonds is 6. The van der Waals surface area contributed by atoms with Crippen molar-refractivity contribution in [1.82, 2.24) is 9.97 Å². The Hall–Kier alpha value is -0.810. The molecule has 0 radical (unpaired) electrons. The van der Waals surface area contributed by atoms with Gasteiger partial charge in [0.2, 0.25) is 0 Å². The summed E-state index contributed by atoms with van der Waals surface area (Å²) in [5, 5.41) is 4.18. The van der Waals surface area contributed by atoms with Gasteiger partial charge in [-0.15, -0.1) is 11.8 Å². The Kier molecular flexibility index (Phi) is 5.42. The van der Waals surface area contributed by atoms with E-state index < -0.39 is 0 Å². The molecule has 0 aliphatic carbocycles. The van der Waals surface area contributed by atoms with Gasteiger partial charge in [-0.05, 0) is 20.1 Å². The quantitative estimate of drug-likeness (QED) is 0.595. The summed E-state index contributed by atoms with van der Waals surface area (Å²) in [6.07, 6.45) is 3.76. The molecule has 1 heterocycles. The molecule has 1 rings (SSSR count). The fraction of sp³-hybridized carbons (Fsp3) is 0.600. The predicted octanol–water partition coefficient (Wildman–Crippen LogP) is 2.04. The maximum atomic E-state index is 5.41. The minimum Gasteiger partial charge on any atom is -0.377 e. The summed E-state index contributed by atoms with van der Waals surface area (Å²) in [6, 6.07) is 1.93. The number of hydrogen-bond donors (Lipinski definition) is 1. The largest absolute Gasteiger partial charge is 0.377 e. The van der Waals surface area contributed by atoms with Crippen LogP contribution in [0.4, 0.5) is 5.82 Å². The highest BCUT2D eigenvalue weighted by Gasteiger charge is 2.01. The molecular formula is C10H17N3OS. The topological polar surface area (TPSA) is 47.0 Å². The van der Waals surface area contributed by atoms with E-state index in [0.29, 0.717) is 0 Å². The Labute approximate surface area is 94.8 Å². The summed E-state index contributed by atoms with van der Waals surface area (Å²) in [7, 11) is 0. The van der Waals surface area contributed by atoms with Crippen LogP contribution in [0.5, 0.6) is 0 Å². The molecule has 1 aromatic rings. The molecule has 0 saturated heterocycles. The van der Waals surface area contributed by atoms with Gasteiger partial charge in [0.05, 0.1) is 6.10 Å². The molecule has 15 heavy (non-hydrogen) atoms. The van der Waals surface area contributed by atoms with Crippen LogP contribution in [0.2, 0.25) is 0 Å². The van der Waals surface area contributed by atoms with Crippen LogP contribution >= 0.6 is 11.8 Å². The molecule has 84 valence electrons. The monoisotopic (exact) mass is 227 g/mol. The maximum Gasteiger partial charge on any atom is 0.130 e. The van der Waals surface area contributed by atoms with Gasteiger partial charge in [-0.3, -0.25) is 0 Å². The summed E-state index contributed by atoms with van der Waals surface area (Å²) in [4.78, 5) is 8.23. The van der Waals surface area contributed by atoms with Crippen LogP contribution in [0.25, 0.3) is 0 Å². The zero-order valence-corrected chi connectivity index (χ0v) is 10.2. The molecule has 1 unspecified atom stereocenters. The van der Waals surface area contributed by atoms with Crippen molar-refractivity contribution in [2.24, 2.45) is 0 Å². The summed E-state index contributed by atoms with van der Waals surface area (Å²) in [5.41, 5.74) is 0. The molecule has 1 atom stereocenters. The Morgan fingerprint density at radius 1 is 1.53 bits per heavy atom. The van der Waals surface area contributed by atoms with Crippen molar-refractivity contribution in [2.75, 3.05) is 24.7 Å². The number of ether oxygens (including phenoxy) is 1. The van der Waals surface area contributed by atoms with Crippen molar-refractivity contribution >= 4 is 17.6 Å². The third-order valence-corrected chi connectivity index (χ3v) is 2.51. The van der Waals surface area contributed by atoms with E-state index in [2.05, 4.69) is 15.3 Å². The van der Waals surface area contributed by atoms with Crippen LogP contribution < -0.4 is 5.32 Å². The lowest BCUT2D eigenvalue weighted by Gasteiger charge is -2.12. The number of aromatic nitrogens is 2. The highest BCUT2D eigenvalue weighted by molar-refractivity contribution is 7.98. The number of thioether (sulfide) groups is 1. The average molecular weight is 227 g/mol. The van der Waals surface area contributed by atoms with E-state index in [4.69, 9.17) is 4.74 Å². The lowest BCUT2D eigenvalue weighted by molar-refractivity contribution is 0.0855. The summed E-state index contributed by atoms with van der Waals surface area (Å²) < 4.78 is 5.41. The molecule has 0 bridgehead atoms. The molecule has 0 spiro atoms. The average Bonchev–Trinajstić information content (AvgIpc) is 2.27. The second-order valence-corrected chi connectivity index (χ2v) is 3.92. The molecular weight excluding hydrogens is 210 g/mol. The Balaban J connectivity index is 2.43. The zero-order valence-electron chi connectivity index (χ0n) is 9.36. The number of hydrogen-bond acceptors (Lipinski definition) is 5. The molecule has 0 saturated carbocycles. The van der Waals surface area contributed by atoms with Gasteiger partial charge in [-0.1, -0.05) is 0 Å². The van der Waals surface area contributed by atoms with Crippen molar-refractivity contribution in [3.8, 4) is 0 Å². The van der Waals surface area contributed by atoms with E-state index in [0.717, 1.165) is 24.0 Å². The van der Waals surface area contributed by atoms with Gasteiger partial charge >= 0.3 is 0 Å². The van der Waals surface area contributed by atoms with E-state index in [9.17, 15) is 0 Å². The second-order valence-electron chi connectivity index (χ2n) is 3.09. The minimum atomic E-state index is 0.197. The zero-order chi connectivity index (χ0) is 11.1. The van der Waals surface area contributed by atoms with Crippen molar-refractivity contribution in [1.29, 1.82) is 0 Å². The normalized spacial score (nSPS) is 12.5. The van der Waals surface area contributed by atoms with Gasteiger partial charge in [0.1, 0.15) is 17.2 Å². The van der Waals surface area contributed by atoms with E-state index in [1.165, 1.54) is 0 Å². The molecule has 0 aliphatic heterocycles. The van der Waals surface area contributed by atoms with Crippen LogP contribution in [-0.4, -0.2) is 35.5 Å². The molecule has 1 N–H and O–H groups in total. The number of anilines is 1. The van der Waals surface area contributed by atoms with Crippen molar-refractivity contribution in [3.05, 3.63) is 12.4 Å². The van der Waals surface area contributed by atoms with Gasteiger partial charge in [0.25, 0.3) is 0 Å². The second kappa shape index (κ2) is 6.63. The third-order valence-electron chi connectivity index (χ3n) is 1.87. The van der Waals surface area contributed by atoms with E-state index in [1.807, 2.05) is 26.2 Å². The first kappa shape index (κ1) is 12.3. The first-order chi connectivity index (χ1) is 7.26. The van der Waals surface area contributed by atoms with Gasteiger partial charge < -0.3 is 10.1 Å². The smallest absolute Gasteiger partial charge is 0.130 e. The highest BCUT2D eigenvalue weighted by atomic mass is 32.2. The molecule has 0 fully saturated rings. The van der Waals surface area contributed by atoms with Crippen LogP contribution in [0, 0.1) is 0 Å². The van der Waals surface area contributed by atoms with Gasteiger partial charge in [0, 0.05) is 19.2 Å². The first-order valence-corrected chi connectivity index (χ1v) is 6.20. The first-order valence-electron chi connectivity index (χ1n) is 4.97. The van der Waals surface area contributed by atoms with Crippen LogP contribution in [0.1, 0.15) is 13.8 Å². The number of nitrogens with zero attached hydrogens (tertiary/aromatic N) is 2.